The maximum absolute atomic E-state index is 14.7. The number of carbonyl (C=O) groups is 6. The second kappa shape index (κ2) is 17.9. The van der Waals surface area contributed by atoms with Crippen molar-refractivity contribution in [1.82, 2.24) is 26.2 Å². The summed E-state index contributed by atoms with van der Waals surface area (Å²) >= 11 is 0. The van der Waals surface area contributed by atoms with Crippen molar-refractivity contribution in [3.8, 4) is 0 Å². The smallest absolute Gasteiger partial charge is 0.407 e. The van der Waals surface area contributed by atoms with Crippen LogP contribution in [0, 0.1) is 29.6 Å². The molecule has 5 unspecified atom stereocenters. The van der Waals surface area contributed by atoms with Crippen molar-refractivity contribution in [2.75, 3.05) is 13.2 Å². The minimum atomic E-state index is -1.13. The number of ketones is 1. The van der Waals surface area contributed by atoms with Gasteiger partial charge >= 0.3 is 12.1 Å². The number of nitrogens with one attached hydrogen (secondary N) is 4. The highest BCUT2D eigenvalue weighted by atomic mass is 16.5. The molecular formula is C38H60N6O7. The molecule has 6 atom stereocenters. The van der Waals surface area contributed by atoms with Gasteiger partial charge in [0.1, 0.15) is 18.7 Å². The number of primary amides is 1. The minimum absolute atomic E-state index is 0.0196. The maximum atomic E-state index is 14.7. The SMILES string of the molecule is CCC(C)CC(NC(=O)C1[C@@H](C(C)C)CCN1C(=O)C(NC(=O)NC(COC(=O)NC(C)(C)C)C(C)C)C1Cc2ccccc2C1)C(=O)C(N)=O. The van der Waals surface area contributed by atoms with Crippen LogP contribution in [-0.2, 0) is 36.8 Å². The molecule has 0 radical (unpaired) electrons. The number of Topliss-reactive ketones (excluding diaryl/α,β-unsaturated/α-hetero) is 1. The highest BCUT2D eigenvalue weighted by Crippen LogP contribution is 2.35. The van der Waals surface area contributed by atoms with Crippen molar-refractivity contribution in [3.05, 3.63) is 35.4 Å². The first kappa shape index (κ1) is 41.3. The molecule has 0 saturated carbocycles. The molecular weight excluding hydrogens is 652 g/mol. The lowest BCUT2D eigenvalue weighted by Crippen LogP contribution is -2.60. The van der Waals surface area contributed by atoms with Crippen LogP contribution in [0.5, 0.6) is 0 Å². The molecule has 13 heteroatoms. The Bertz CT molecular complexity index is 1400. The Balaban J connectivity index is 1.89. The second-order valence-electron chi connectivity index (χ2n) is 16.1. The molecule has 1 aromatic rings. The fraction of sp³-hybridized carbons (Fsp3) is 0.684. The van der Waals surface area contributed by atoms with E-state index in [9.17, 15) is 28.8 Å². The van der Waals surface area contributed by atoms with Gasteiger partial charge in [0.15, 0.2) is 0 Å². The average molecular weight is 713 g/mol. The summed E-state index contributed by atoms with van der Waals surface area (Å²) in [6, 6.07) is 3.75. The molecule has 3 rings (SSSR count). The average Bonchev–Trinajstić information content (AvgIpc) is 3.68. The van der Waals surface area contributed by atoms with Crippen molar-refractivity contribution >= 4 is 35.6 Å². The fourth-order valence-corrected chi connectivity index (χ4v) is 6.98. The molecule has 6 N–H and O–H groups in total. The van der Waals surface area contributed by atoms with Crippen molar-refractivity contribution in [2.45, 2.75) is 124 Å². The summed E-state index contributed by atoms with van der Waals surface area (Å²) in [5.74, 6) is -3.48. The largest absolute Gasteiger partial charge is 0.447 e. The second-order valence-corrected chi connectivity index (χ2v) is 16.1. The van der Waals surface area contributed by atoms with E-state index < -0.39 is 65.3 Å². The van der Waals surface area contributed by atoms with Crippen LogP contribution in [0.25, 0.3) is 0 Å². The van der Waals surface area contributed by atoms with Crippen molar-refractivity contribution in [1.29, 1.82) is 0 Å². The number of urea groups is 1. The summed E-state index contributed by atoms with van der Waals surface area (Å²) in [7, 11) is 0. The number of fused-ring (bicyclic) bond motifs is 1. The number of ether oxygens (including phenoxy) is 1. The van der Waals surface area contributed by atoms with Crippen molar-refractivity contribution in [3.63, 3.8) is 0 Å². The molecule has 1 aliphatic carbocycles. The highest BCUT2D eigenvalue weighted by Gasteiger charge is 2.47. The summed E-state index contributed by atoms with van der Waals surface area (Å²) in [5.41, 5.74) is 7.05. The first-order valence-electron chi connectivity index (χ1n) is 18.4. The summed E-state index contributed by atoms with van der Waals surface area (Å²) in [5, 5.41) is 11.4. The number of benzene rings is 1. The van der Waals surface area contributed by atoms with E-state index in [0.29, 0.717) is 19.3 Å². The number of alkyl carbamates (subject to hydrolysis) is 1. The van der Waals surface area contributed by atoms with Gasteiger partial charge in [-0.15, -0.1) is 0 Å². The lowest BCUT2D eigenvalue weighted by molar-refractivity contribution is -0.144. The Morgan fingerprint density at radius 1 is 0.941 bits per heavy atom. The normalized spacial score (nSPS) is 19.9. The van der Waals surface area contributed by atoms with Gasteiger partial charge < -0.3 is 36.6 Å². The van der Waals surface area contributed by atoms with Crippen molar-refractivity contribution in [2.24, 2.45) is 35.3 Å². The van der Waals surface area contributed by atoms with Gasteiger partial charge in [-0.25, -0.2) is 9.59 Å². The third-order valence-electron chi connectivity index (χ3n) is 10.2. The number of nitrogens with two attached hydrogens (primary N) is 1. The number of hydrogen-bond acceptors (Lipinski definition) is 7. The van der Waals surface area contributed by atoms with E-state index in [1.807, 2.05) is 86.6 Å². The first-order chi connectivity index (χ1) is 23.8. The molecule has 1 aromatic carbocycles. The van der Waals surface area contributed by atoms with Crippen LogP contribution in [-0.4, -0.2) is 83.4 Å². The Morgan fingerprint density at radius 3 is 2.06 bits per heavy atom. The van der Waals surface area contributed by atoms with Gasteiger partial charge in [-0.05, 0) is 87.2 Å². The van der Waals surface area contributed by atoms with E-state index in [2.05, 4.69) is 21.3 Å². The molecule has 51 heavy (non-hydrogen) atoms. The molecule has 0 bridgehead atoms. The Kier molecular flexibility index (Phi) is 14.4. The molecule has 0 aromatic heterocycles. The predicted molar refractivity (Wildman–Crippen MR) is 194 cm³/mol. The zero-order valence-corrected chi connectivity index (χ0v) is 31.8. The first-order valence-corrected chi connectivity index (χ1v) is 18.4. The predicted octanol–water partition coefficient (Wildman–Crippen LogP) is 3.47. The third kappa shape index (κ3) is 11.4. The number of nitrogens with zero attached hydrogens (tertiary/aromatic N) is 1. The number of likely N-dealkylation sites (tertiary alicyclic amines) is 1. The molecule has 284 valence electrons. The molecule has 1 fully saturated rings. The standard InChI is InChI=1S/C38H60N6O7/c1-10-23(6)17-28(32(45)33(39)46)40-34(47)31-27(21(2)3)15-16-44(31)35(48)30(26-18-24-13-11-12-14-25(24)19-26)42-36(49)41-29(22(4)5)20-51-37(50)43-38(7,8)9/h11-14,21-23,26-31H,10,15-20H2,1-9H3,(H2,39,46)(H,40,47)(H,43,50)(H2,41,42,49)/t23?,27-,28?,29?,30?,31?/m1/s1. The summed E-state index contributed by atoms with van der Waals surface area (Å²) < 4.78 is 5.42. The van der Waals surface area contributed by atoms with Crippen LogP contribution in [0.3, 0.4) is 0 Å². The lowest BCUT2D eigenvalue weighted by Gasteiger charge is -2.35. The maximum Gasteiger partial charge on any atom is 0.407 e. The van der Waals surface area contributed by atoms with E-state index in [-0.39, 0.29) is 49.2 Å². The number of rotatable bonds is 15. The van der Waals surface area contributed by atoms with Gasteiger partial charge in [0.2, 0.25) is 17.6 Å². The fourth-order valence-electron chi connectivity index (χ4n) is 6.98. The summed E-state index contributed by atoms with van der Waals surface area (Å²) in [4.78, 5) is 81.1. The number of amides is 6. The molecule has 1 saturated heterocycles. The zero-order chi connectivity index (χ0) is 38.2. The number of carbonyl (C=O) groups excluding carboxylic acids is 6. The molecule has 2 aliphatic rings. The summed E-state index contributed by atoms with van der Waals surface area (Å²) in [6.07, 6.45) is 2.02. The van der Waals surface area contributed by atoms with E-state index in [1.165, 1.54) is 4.90 Å². The van der Waals surface area contributed by atoms with Gasteiger partial charge in [0.25, 0.3) is 5.91 Å². The zero-order valence-electron chi connectivity index (χ0n) is 31.8. The quantitative estimate of drug-likeness (QED) is 0.172. The molecule has 13 nitrogen and oxygen atoms in total. The Labute approximate surface area is 302 Å². The lowest BCUT2D eigenvalue weighted by atomic mass is 9.87. The van der Waals surface area contributed by atoms with E-state index in [1.54, 1.807) is 0 Å². The third-order valence-corrected chi connectivity index (χ3v) is 10.2. The molecule has 1 heterocycles. The van der Waals surface area contributed by atoms with Crippen LogP contribution in [0.4, 0.5) is 9.59 Å². The molecule has 0 spiro atoms. The van der Waals surface area contributed by atoms with Gasteiger partial charge in [-0.3, -0.25) is 19.2 Å². The van der Waals surface area contributed by atoms with Gasteiger partial charge in [-0.2, -0.15) is 0 Å². The Hall–Kier alpha value is -4.16. The van der Waals surface area contributed by atoms with E-state index >= 15 is 0 Å². The van der Waals surface area contributed by atoms with Crippen molar-refractivity contribution < 1.29 is 33.5 Å². The molecule has 6 amide bonds. The van der Waals surface area contributed by atoms with E-state index in [4.69, 9.17) is 10.5 Å². The van der Waals surface area contributed by atoms with Gasteiger partial charge in [-0.1, -0.05) is 72.2 Å². The topological polar surface area (TPSA) is 189 Å². The van der Waals surface area contributed by atoms with Gasteiger partial charge in [0, 0.05) is 12.1 Å². The summed E-state index contributed by atoms with van der Waals surface area (Å²) in [6.45, 7) is 17.3. The van der Waals surface area contributed by atoms with Crippen LogP contribution in [0.1, 0.15) is 92.7 Å². The van der Waals surface area contributed by atoms with Crippen LogP contribution >= 0.6 is 0 Å². The monoisotopic (exact) mass is 712 g/mol. The highest BCUT2D eigenvalue weighted by molar-refractivity contribution is 6.37. The Morgan fingerprint density at radius 2 is 1.55 bits per heavy atom. The van der Waals surface area contributed by atoms with Gasteiger partial charge in [0.05, 0.1) is 12.1 Å². The minimum Gasteiger partial charge on any atom is -0.447 e. The van der Waals surface area contributed by atoms with Crippen LogP contribution < -0.4 is 27.0 Å². The van der Waals surface area contributed by atoms with Crippen LogP contribution in [0.15, 0.2) is 24.3 Å². The number of hydrogen-bond donors (Lipinski definition) is 5. The molecule has 1 aliphatic heterocycles. The van der Waals surface area contributed by atoms with E-state index in [0.717, 1.165) is 17.5 Å². The van der Waals surface area contributed by atoms with Crippen LogP contribution in [0.2, 0.25) is 0 Å².